The maximum Gasteiger partial charge on any atom is 0.229 e. The van der Waals surface area contributed by atoms with Gasteiger partial charge in [-0.05, 0) is 86.6 Å². The van der Waals surface area contributed by atoms with E-state index in [4.69, 9.17) is 4.74 Å². The maximum absolute atomic E-state index is 14.6. The number of para-hydroxylation sites is 1. The summed E-state index contributed by atoms with van der Waals surface area (Å²) in [6.45, 7) is 1.14. The molecule has 3 aliphatic heterocycles. The van der Waals surface area contributed by atoms with Crippen LogP contribution in [0.15, 0.2) is 60.8 Å². The number of rotatable bonds is 5. The zero-order valence-electron chi connectivity index (χ0n) is 20.2. The maximum atomic E-state index is 14.6. The van der Waals surface area contributed by atoms with Gasteiger partial charge in [-0.1, -0.05) is 36.4 Å². The van der Waals surface area contributed by atoms with Crippen molar-refractivity contribution in [2.45, 2.75) is 63.5 Å². The number of ether oxygens (including phenoxy) is 1. The first kappa shape index (κ1) is 22.7. The average molecular weight is 473 g/mol. The number of amides is 1. The second-order valence-electron chi connectivity index (χ2n) is 10.8. The van der Waals surface area contributed by atoms with Crippen molar-refractivity contribution in [1.82, 2.24) is 9.88 Å². The van der Waals surface area contributed by atoms with E-state index in [1.807, 2.05) is 24.4 Å². The third-order valence-corrected chi connectivity index (χ3v) is 8.63. The van der Waals surface area contributed by atoms with Crippen molar-refractivity contribution >= 4 is 16.8 Å². The van der Waals surface area contributed by atoms with Crippen LogP contribution in [0, 0.1) is 17.2 Å². The van der Waals surface area contributed by atoms with Crippen LogP contribution in [0.4, 0.5) is 4.39 Å². The molecule has 0 spiro atoms. The summed E-state index contributed by atoms with van der Waals surface area (Å²) in [6.07, 6.45) is 9.08. The summed E-state index contributed by atoms with van der Waals surface area (Å²) in [5, 5.41) is 1.19. The summed E-state index contributed by atoms with van der Waals surface area (Å²) < 4.78 is 20.2. The molecular weight excluding hydrogens is 439 g/mol. The normalized spacial score (nSPS) is 25.6. The predicted molar refractivity (Wildman–Crippen MR) is 134 cm³/mol. The fourth-order valence-electron chi connectivity index (χ4n) is 6.86. The van der Waals surface area contributed by atoms with Crippen molar-refractivity contribution in [3.05, 3.63) is 77.7 Å². The number of piperidine rings is 1. The first-order valence-electron chi connectivity index (χ1n) is 13.1. The Hall–Kier alpha value is -2.79. The van der Waals surface area contributed by atoms with E-state index in [2.05, 4.69) is 34.1 Å². The second-order valence-corrected chi connectivity index (χ2v) is 10.8. The lowest BCUT2D eigenvalue weighted by atomic mass is 9.72. The van der Waals surface area contributed by atoms with Crippen LogP contribution in [0.2, 0.25) is 0 Å². The number of halogens is 1. The number of hydrogen-bond donors (Lipinski definition) is 0. The highest BCUT2D eigenvalue weighted by atomic mass is 19.1. The summed E-state index contributed by atoms with van der Waals surface area (Å²) in [6, 6.07) is 18.0. The summed E-state index contributed by atoms with van der Waals surface area (Å²) in [5.74, 6) is 0.593. The lowest BCUT2D eigenvalue weighted by Crippen LogP contribution is -2.55. The number of aromatic nitrogens is 1. The Labute approximate surface area is 206 Å². The van der Waals surface area contributed by atoms with Crippen molar-refractivity contribution in [3.63, 3.8) is 0 Å². The number of nitrogens with zero attached hydrogens (tertiary/aromatic N) is 2. The Kier molecular flexibility index (Phi) is 6.05. The minimum atomic E-state index is -0.559. The van der Waals surface area contributed by atoms with Crippen LogP contribution in [0.25, 0.3) is 10.9 Å². The first-order chi connectivity index (χ1) is 17.1. The molecule has 35 heavy (non-hydrogen) atoms. The van der Waals surface area contributed by atoms with Gasteiger partial charge in [0.2, 0.25) is 5.91 Å². The molecule has 182 valence electrons. The fraction of sp³-hybridized carbons (Fsp3) is 0.467. The van der Waals surface area contributed by atoms with Gasteiger partial charge in [0.15, 0.2) is 0 Å². The largest absolute Gasteiger partial charge is 0.381 e. The quantitative estimate of drug-likeness (QED) is 0.477. The van der Waals surface area contributed by atoms with Crippen LogP contribution in [-0.4, -0.2) is 41.1 Å². The number of carbonyl (C=O) groups excluding carboxylic acids is 1. The topological polar surface area (TPSA) is 42.4 Å². The summed E-state index contributed by atoms with van der Waals surface area (Å²) in [5.41, 5.74) is 2.41. The predicted octanol–water partition coefficient (Wildman–Crippen LogP) is 5.73. The van der Waals surface area contributed by atoms with Gasteiger partial charge in [-0.15, -0.1) is 0 Å². The van der Waals surface area contributed by atoms with E-state index in [0.29, 0.717) is 56.0 Å². The van der Waals surface area contributed by atoms with Gasteiger partial charge in [-0.2, -0.15) is 0 Å². The third kappa shape index (κ3) is 4.35. The molecule has 2 atom stereocenters. The highest BCUT2D eigenvalue weighted by molar-refractivity contribution is 5.84. The zero-order valence-corrected chi connectivity index (χ0v) is 20.2. The Morgan fingerprint density at radius 3 is 2.51 bits per heavy atom. The van der Waals surface area contributed by atoms with E-state index in [0.717, 1.165) is 37.6 Å². The molecule has 0 aliphatic carbocycles. The highest BCUT2D eigenvalue weighted by Gasteiger charge is 2.50. The zero-order chi connectivity index (χ0) is 23.8. The van der Waals surface area contributed by atoms with Crippen LogP contribution in [0.5, 0.6) is 0 Å². The number of carbonyl (C=O) groups is 1. The molecule has 0 radical (unpaired) electrons. The van der Waals surface area contributed by atoms with E-state index in [-0.39, 0.29) is 11.7 Å². The molecule has 2 unspecified atom stereocenters. The minimum absolute atomic E-state index is 0.211. The van der Waals surface area contributed by atoms with Gasteiger partial charge < -0.3 is 9.64 Å². The van der Waals surface area contributed by atoms with Crippen molar-refractivity contribution in [2.24, 2.45) is 11.3 Å². The molecule has 1 aromatic heterocycles. The Balaban J connectivity index is 1.20. The molecule has 5 heteroatoms. The smallest absolute Gasteiger partial charge is 0.229 e. The van der Waals surface area contributed by atoms with Crippen LogP contribution in [0.3, 0.4) is 0 Å². The summed E-state index contributed by atoms with van der Waals surface area (Å²) >= 11 is 0. The van der Waals surface area contributed by atoms with Crippen molar-refractivity contribution in [3.8, 4) is 0 Å². The Morgan fingerprint density at radius 1 is 1.03 bits per heavy atom. The van der Waals surface area contributed by atoms with Crippen molar-refractivity contribution in [1.29, 1.82) is 0 Å². The van der Waals surface area contributed by atoms with Gasteiger partial charge in [0.1, 0.15) is 5.82 Å². The van der Waals surface area contributed by atoms with E-state index in [1.165, 1.54) is 17.0 Å². The van der Waals surface area contributed by atoms with Gasteiger partial charge in [0.05, 0.1) is 10.9 Å². The monoisotopic (exact) mass is 472 g/mol. The average Bonchev–Trinajstić information content (AvgIpc) is 3.15. The molecule has 3 saturated heterocycles. The van der Waals surface area contributed by atoms with Gasteiger partial charge >= 0.3 is 0 Å². The Morgan fingerprint density at radius 2 is 1.74 bits per heavy atom. The molecule has 3 fully saturated rings. The van der Waals surface area contributed by atoms with Gasteiger partial charge in [-0.25, -0.2) is 4.39 Å². The van der Waals surface area contributed by atoms with Crippen LogP contribution >= 0.6 is 0 Å². The Bertz CT molecular complexity index is 1210. The molecule has 4 heterocycles. The fourth-order valence-corrected chi connectivity index (χ4v) is 6.86. The lowest BCUT2D eigenvalue weighted by Gasteiger charge is -2.46. The second kappa shape index (κ2) is 9.34. The van der Waals surface area contributed by atoms with E-state index >= 15 is 0 Å². The van der Waals surface area contributed by atoms with Crippen molar-refractivity contribution in [2.75, 3.05) is 13.2 Å². The van der Waals surface area contributed by atoms with Gasteiger partial charge in [0, 0.05) is 36.9 Å². The summed E-state index contributed by atoms with van der Waals surface area (Å²) in [4.78, 5) is 21.1. The molecular formula is C30H33FN2O2. The number of benzene rings is 2. The molecule has 4 nitrogen and oxygen atoms in total. The molecule has 0 N–H and O–H groups in total. The van der Waals surface area contributed by atoms with Crippen LogP contribution in [0.1, 0.15) is 49.7 Å². The number of fused-ring (bicyclic) bond motifs is 3. The van der Waals surface area contributed by atoms with Crippen molar-refractivity contribution < 1.29 is 13.9 Å². The van der Waals surface area contributed by atoms with E-state index in [9.17, 15) is 9.18 Å². The van der Waals surface area contributed by atoms with E-state index < -0.39 is 5.41 Å². The SMILES string of the molecule is O=C(N1C2CCC1CC(Cc1cnc3ccccc3c1)C2)C1(Cc2ccccc2F)CCOCC1. The number of pyridine rings is 1. The molecule has 3 aromatic rings. The summed E-state index contributed by atoms with van der Waals surface area (Å²) in [7, 11) is 0. The van der Waals surface area contributed by atoms with Crippen LogP contribution < -0.4 is 0 Å². The molecule has 6 rings (SSSR count). The molecule has 0 saturated carbocycles. The molecule has 2 bridgehead atoms. The molecule has 2 aromatic carbocycles. The van der Waals surface area contributed by atoms with E-state index in [1.54, 1.807) is 6.07 Å². The van der Waals surface area contributed by atoms with Crippen LogP contribution in [-0.2, 0) is 22.4 Å². The minimum Gasteiger partial charge on any atom is -0.381 e. The molecule has 3 aliphatic rings. The van der Waals surface area contributed by atoms with Gasteiger partial charge in [-0.3, -0.25) is 9.78 Å². The first-order valence-corrected chi connectivity index (χ1v) is 13.1. The van der Waals surface area contributed by atoms with Gasteiger partial charge in [0.25, 0.3) is 0 Å². The highest BCUT2D eigenvalue weighted by Crippen LogP contribution is 2.45. The third-order valence-electron chi connectivity index (χ3n) is 8.63. The standard InChI is InChI=1S/C30H33FN2O2/c31-27-7-3-1-6-24(27)19-30(11-13-35-14-12-30)29(34)33-25-9-10-26(33)18-21(17-25)15-22-16-23-5-2-4-8-28(23)32-20-22/h1-8,16,20-21,25-26H,9-15,17-19H2. The number of hydrogen-bond acceptors (Lipinski definition) is 3. The molecule has 1 amide bonds. The lowest BCUT2D eigenvalue weighted by molar-refractivity contribution is -0.153.